The smallest absolute Gasteiger partial charge is 0.0578 e. The van der Waals surface area contributed by atoms with Crippen LogP contribution in [-0.4, -0.2) is 25.8 Å². The summed E-state index contributed by atoms with van der Waals surface area (Å²) in [6, 6.07) is 0. The Kier molecular flexibility index (Phi) is 3.13. The summed E-state index contributed by atoms with van der Waals surface area (Å²) in [7, 11) is 0. The molecule has 14 heavy (non-hydrogen) atoms. The molecule has 1 spiro atoms. The fraction of sp³-hybridized carbons (Fsp3) is 1.00. The summed E-state index contributed by atoms with van der Waals surface area (Å²) >= 11 is 0. The highest BCUT2D eigenvalue weighted by atomic mass is 16.5. The monoisotopic (exact) mass is 197 g/mol. The van der Waals surface area contributed by atoms with Crippen molar-refractivity contribution >= 4 is 0 Å². The number of hydrogen-bond donors (Lipinski definition) is 1. The minimum atomic E-state index is 0.551. The molecule has 2 aliphatic rings. The van der Waals surface area contributed by atoms with E-state index in [0.29, 0.717) is 11.5 Å². The molecule has 0 radical (unpaired) electrons. The lowest BCUT2D eigenvalue weighted by Crippen LogP contribution is -2.29. The van der Waals surface area contributed by atoms with Crippen molar-refractivity contribution in [3.05, 3.63) is 0 Å². The molecule has 1 heterocycles. The van der Waals surface area contributed by atoms with Gasteiger partial charge in [0.15, 0.2) is 0 Å². The second kappa shape index (κ2) is 4.19. The van der Waals surface area contributed by atoms with Gasteiger partial charge in [-0.1, -0.05) is 13.8 Å². The highest BCUT2D eigenvalue weighted by Crippen LogP contribution is 2.60. The fourth-order valence-corrected chi connectivity index (χ4v) is 2.90. The van der Waals surface area contributed by atoms with Crippen LogP contribution in [0.4, 0.5) is 0 Å². The zero-order valence-corrected chi connectivity index (χ0v) is 9.51. The Morgan fingerprint density at radius 2 is 2.21 bits per heavy atom. The molecule has 3 atom stereocenters. The van der Waals surface area contributed by atoms with E-state index in [2.05, 4.69) is 19.2 Å². The molecular formula is C12H23NO. The largest absolute Gasteiger partial charge is 0.378 e. The third-order valence-electron chi connectivity index (χ3n) is 4.04. The van der Waals surface area contributed by atoms with Crippen LogP contribution in [0.3, 0.4) is 0 Å². The first-order chi connectivity index (χ1) is 6.80. The topological polar surface area (TPSA) is 21.3 Å². The molecular weight excluding hydrogens is 174 g/mol. The Morgan fingerprint density at radius 3 is 2.93 bits per heavy atom. The van der Waals surface area contributed by atoms with Gasteiger partial charge in [0, 0.05) is 6.61 Å². The van der Waals surface area contributed by atoms with Gasteiger partial charge in [-0.2, -0.15) is 0 Å². The Morgan fingerprint density at radius 1 is 1.36 bits per heavy atom. The SMILES string of the molecule is CCNCC1CC12CCOC(CC)C2. The first-order valence-electron chi connectivity index (χ1n) is 6.13. The van der Waals surface area contributed by atoms with Crippen LogP contribution < -0.4 is 5.32 Å². The molecule has 82 valence electrons. The van der Waals surface area contributed by atoms with Crippen molar-refractivity contribution in [3.63, 3.8) is 0 Å². The lowest BCUT2D eigenvalue weighted by atomic mass is 9.89. The van der Waals surface area contributed by atoms with E-state index in [9.17, 15) is 0 Å². The normalized spacial score (nSPS) is 41.6. The van der Waals surface area contributed by atoms with Crippen molar-refractivity contribution in [2.45, 2.75) is 45.6 Å². The predicted octanol–water partition coefficient (Wildman–Crippen LogP) is 2.19. The lowest BCUT2D eigenvalue weighted by molar-refractivity contribution is -0.0218. The Balaban J connectivity index is 1.80. The molecule has 2 fully saturated rings. The van der Waals surface area contributed by atoms with Crippen LogP contribution in [0.25, 0.3) is 0 Å². The van der Waals surface area contributed by atoms with E-state index in [1.807, 2.05) is 0 Å². The van der Waals surface area contributed by atoms with Crippen LogP contribution in [0.5, 0.6) is 0 Å². The van der Waals surface area contributed by atoms with E-state index in [-0.39, 0.29) is 0 Å². The van der Waals surface area contributed by atoms with Gasteiger partial charge in [0.25, 0.3) is 0 Å². The quantitative estimate of drug-likeness (QED) is 0.746. The van der Waals surface area contributed by atoms with E-state index in [0.717, 1.165) is 19.1 Å². The van der Waals surface area contributed by atoms with Crippen molar-refractivity contribution in [2.75, 3.05) is 19.7 Å². The summed E-state index contributed by atoms with van der Waals surface area (Å²) in [6.07, 6.45) is 5.81. The van der Waals surface area contributed by atoms with Gasteiger partial charge in [-0.05, 0) is 50.1 Å². The highest BCUT2D eigenvalue weighted by Gasteiger charge is 2.55. The molecule has 0 amide bonds. The van der Waals surface area contributed by atoms with Gasteiger partial charge in [0.05, 0.1) is 6.10 Å². The molecule has 1 saturated carbocycles. The maximum Gasteiger partial charge on any atom is 0.0578 e. The Hall–Kier alpha value is -0.0800. The van der Waals surface area contributed by atoms with Gasteiger partial charge in [0.2, 0.25) is 0 Å². The molecule has 0 bridgehead atoms. The van der Waals surface area contributed by atoms with Crippen molar-refractivity contribution in [1.29, 1.82) is 0 Å². The van der Waals surface area contributed by atoms with Gasteiger partial charge in [-0.25, -0.2) is 0 Å². The zero-order chi connectivity index (χ0) is 10.0. The van der Waals surface area contributed by atoms with Crippen molar-refractivity contribution in [1.82, 2.24) is 5.32 Å². The average Bonchev–Trinajstić information content (AvgIpc) is 2.88. The van der Waals surface area contributed by atoms with Crippen LogP contribution in [0.15, 0.2) is 0 Å². The number of nitrogens with one attached hydrogen (secondary N) is 1. The van der Waals surface area contributed by atoms with E-state index >= 15 is 0 Å². The summed E-state index contributed by atoms with van der Waals surface area (Å²) in [4.78, 5) is 0. The first kappa shape index (κ1) is 10.4. The van der Waals surface area contributed by atoms with Crippen LogP contribution in [0, 0.1) is 11.3 Å². The molecule has 1 saturated heterocycles. The van der Waals surface area contributed by atoms with E-state index in [1.54, 1.807) is 0 Å². The predicted molar refractivity (Wildman–Crippen MR) is 58.3 cm³/mol. The number of ether oxygens (including phenoxy) is 1. The van der Waals surface area contributed by atoms with Gasteiger partial charge >= 0.3 is 0 Å². The molecule has 0 aromatic carbocycles. The standard InChI is InChI=1S/C12H23NO/c1-3-11-8-12(5-6-14-11)7-10(12)9-13-4-2/h10-11,13H,3-9H2,1-2H3. The Bertz CT molecular complexity index is 195. The summed E-state index contributed by atoms with van der Waals surface area (Å²) in [5, 5.41) is 3.47. The van der Waals surface area contributed by atoms with Gasteiger partial charge in [-0.3, -0.25) is 0 Å². The van der Waals surface area contributed by atoms with Crippen LogP contribution in [-0.2, 0) is 4.74 Å². The van der Waals surface area contributed by atoms with Gasteiger partial charge in [0.1, 0.15) is 0 Å². The van der Waals surface area contributed by atoms with E-state index in [4.69, 9.17) is 4.74 Å². The van der Waals surface area contributed by atoms with Crippen molar-refractivity contribution < 1.29 is 4.74 Å². The summed E-state index contributed by atoms with van der Waals surface area (Å²) in [6.45, 7) is 7.77. The summed E-state index contributed by atoms with van der Waals surface area (Å²) in [5.41, 5.74) is 0.682. The summed E-state index contributed by atoms with van der Waals surface area (Å²) < 4.78 is 5.74. The first-order valence-corrected chi connectivity index (χ1v) is 6.13. The van der Waals surface area contributed by atoms with Crippen LogP contribution in [0.2, 0.25) is 0 Å². The number of rotatable bonds is 4. The highest BCUT2D eigenvalue weighted by molar-refractivity contribution is 5.05. The van der Waals surface area contributed by atoms with Crippen molar-refractivity contribution in [2.24, 2.45) is 11.3 Å². The molecule has 1 aliphatic heterocycles. The second-order valence-corrected chi connectivity index (χ2v) is 4.93. The molecule has 3 unspecified atom stereocenters. The molecule has 2 nitrogen and oxygen atoms in total. The minimum absolute atomic E-state index is 0.551. The molecule has 1 aliphatic carbocycles. The van der Waals surface area contributed by atoms with Gasteiger partial charge < -0.3 is 10.1 Å². The maximum atomic E-state index is 5.74. The minimum Gasteiger partial charge on any atom is -0.378 e. The van der Waals surface area contributed by atoms with Crippen molar-refractivity contribution in [3.8, 4) is 0 Å². The number of hydrogen-bond acceptors (Lipinski definition) is 2. The second-order valence-electron chi connectivity index (χ2n) is 4.93. The van der Waals surface area contributed by atoms with Gasteiger partial charge in [-0.15, -0.1) is 0 Å². The third-order valence-corrected chi connectivity index (χ3v) is 4.04. The Labute approximate surface area is 87.4 Å². The van der Waals surface area contributed by atoms with E-state index < -0.39 is 0 Å². The fourth-order valence-electron chi connectivity index (χ4n) is 2.90. The zero-order valence-electron chi connectivity index (χ0n) is 9.51. The molecule has 0 aromatic heterocycles. The molecule has 2 rings (SSSR count). The van der Waals surface area contributed by atoms with Crippen LogP contribution in [0.1, 0.15) is 39.5 Å². The summed E-state index contributed by atoms with van der Waals surface area (Å²) in [5.74, 6) is 0.945. The molecule has 0 aromatic rings. The third kappa shape index (κ3) is 1.96. The van der Waals surface area contributed by atoms with Crippen LogP contribution >= 0.6 is 0 Å². The molecule has 1 N–H and O–H groups in total. The maximum absolute atomic E-state index is 5.74. The molecule has 2 heteroatoms. The lowest BCUT2D eigenvalue weighted by Gasteiger charge is -2.30. The van der Waals surface area contributed by atoms with E-state index in [1.165, 1.54) is 32.2 Å². The average molecular weight is 197 g/mol.